The summed E-state index contributed by atoms with van der Waals surface area (Å²) in [6.45, 7) is 4.48. The lowest BCUT2D eigenvalue weighted by Crippen LogP contribution is -2.65. The van der Waals surface area contributed by atoms with E-state index in [2.05, 4.69) is 13.8 Å². The first-order valence-electron chi connectivity index (χ1n) is 16.7. The predicted octanol–water partition coefficient (Wildman–Crippen LogP) is 9.17. The van der Waals surface area contributed by atoms with Crippen molar-refractivity contribution in [3.05, 3.63) is 60.7 Å². The summed E-state index contributed by atoms with van der Waals surface area (Å²) in [5.41, 5.74) is 0. The van der Waals surface area contributed by atoms with E-state index >= 15 is 0 Å². The van der Waals surface area contributed by atoms with Gasteiger partial charge in [-0.05, 0) is 12.8 Å². The first-order valence-corrected chi connectivity index (χ1v) is 18.5. The fourth-order valence-electron chi connectivity index (χ4n) is 5.32. The molecule has 0 unspecified atom stereocenters. The SMILES string of the molecule is CCCCCCCCCCCC(=O)O[Si](OC(=O)CCCCCCCCCCC)(c1ccccc1)c1ccccc1. The van der Waals surface area contributed by atoms with Gasteiger partial charge in [-0.1, -0.05) is 177 Å². The molecule has 0 heterocycles. The minimum atomic E-state index is -3.56. The van der Waals surface area contributed by atoms with Gasteiger partial charge >= 0.3 is 8.56 Å². The summed E-state index contributed by atoms with van der Waals surface area (Å²) in [6.07, 6.45) is 22.1. The fraction of sp³-hybridized carbons (Fsp3) is 0.611. The third kappa shape index (κ3) is 14.4. The Hall–Kier alpha value is -2.40. The number of carbonyl (C=O) groups excluding carboxylic acids is 2. The van der Waals surface area contributed by atoms with Gasteiger partial charge in [0.25, 0.3) is 11.9 Å². The van der Waals surface area contributed by atoms with Crippen LogP contribution in [0.15, 0.2) is 60.7 Å². The normalized spacial score (nSPS) is 11.4. The average molecular weight is 581 g/mol. The second-order valence-corrected chi connectivity index (χ2v) is 14.2. The van der Waals surface area contributed by atoms with Crippen molar-refractivity contribution >= 4 is 30.9 Å². The molecule has 0 saturated heterocycles. The van der Waals surface area contributed by atoms with Crippen LogP contribution in [0.5, 0.6) is 0 Å². The van der Waals surface area contributed by atoms with E-state index in [9.17, 15) is 9.59 Å². The van der Waals surface area contributed by atoms with Gasteiger partial charge < -0.3 is 8.85 Å². The lowest BCUT2D eigenvalue weighted by molar-refractivity contribution is -0.140. The van der Waals surface area contributed by atoms with E-state index < -0.39 is 8.56 Å². The Bertz CT molecular complexity index is 854. The monoisotopic (exact) mass is 580 g/mol. The van der Waals surface area contributed by atoms with E-state index in [1.54, 1.807) is 0 Å². The molecular weight excluding hydrogens is 524 g/mol. The van der Waals surface area contributed by atoms with Crippen LogP contribution >= 0.6 is 0 Å². The number of unbranched alkanes of at least 4 members (excludes halogenated alkanes) is 16. The number of hydrogen-bond donors (Lipinski definition) is 0. The first-order chi connectivity index (χ1) is 20.1. The lowest BCUT2D eigenvalue weighted by atomic mass is 10.1. The van der Waals surface area contributed by atoms with Crippen LogP contribution in [-0.2, 0) is 18.4 Å². The Morgan fingerprint density at radius 3 is 1.07 bits per heavy atom. The van der Waals surface area contributed by atoms with Crippen LogP contribution in [0, 0.1) is 0 Å². The van der Waals surface area contributed by atoms with Crippen molar-refractivity contribution in [2.24, 2.45) is 0 Å². The molecule has 0 atom stereocenters. The lowest BCUT2D eigenvalue weighted by Gasteiger charge is -2.30. The van der Waals surface area contributed by atoms with Gasteiger partial charge in [-0.25, -0.2) is 0 Å². The maximum Gasteiger partial charge on any atom is 0.534 e. The zero-order valence-corrected chi connectivity index (χ0v) is 27.0. The molecule has 0 bridgehead atoms. The minimum Gasteiger partial charge on any atom is -0.478 e. The van der Waals surface area contributed by atoms with E-state index in [1.807, 2.05) is 60.7 Å². The minimum absolute atomic E-state index is 0.275. The highest BCUT2D eigenvalue weighted by Crippen LogP contribution is 2.17. The van der Waals surface area contributed by atoms with Crippen LogP contribution in [0.2, 0.25) is 0 Å². The molecule has 228 valence electrons. The molecule has 4 nitrogen and oxygen atoms in total. The van der Waals surface area contributed by atoms with Crippen molar-refractivity contribution in [1.82, 2.24) is 0 Å². The van der Waals surface area contributed by atoms with E-state index in [1.165, 1.54) is 77.0 Å². The van der Waals surface area contributed by atoms with E-state index in [0.717, 1.165) is 48.9 Å². The van der Waals surface area contributed by atoms with Gasteiger partial charge in [0.05, 0.1) is 0 Å². The summed E-state index contributed by atoms with van der Waals surface area (Å²) in [4.78, 5) is 26.5. The van der Waals surface area contributed by atoms with Gasteiger partial charge in [0.1, 0.15) is 0 Å². The van der Waals surface area contributed by atoms with Crippen molar-refractivity contribution < 1.29 is 18.4 Å². The van der Waals surface area contributed by atoms with Crippen molar-refractivity contribution in [2.75, 3.05) is 0 Å². The van der Waals surface area contributed by atoms with Crippen LogP contribution in [0.25, 0.3) is 0 Å². The molecule has 0 spiro atoms. The third-order valence-corrected chi connectivity index (χ3v) is 11.0. The Morgan fingerprint density at radius 2 is 0.756 bits per heavy atom. The van der Waals surface area contributed by atoms with Gasteiger partial charge in [0, 0.05) is 23.2 Å². The molecular formula is C36H56O4Si. The molecule has 0 amide bonds. The Labute approximate surface area is 251 Å². The molecule has 2 rings (SSSR count). The number of hydrogen-bond acceptors (Lipinski definition) is 4. The van der Waals surface area contributed by atoms with Gasteiger partial charge in [-0.15, -0.1) is 0 Å². The van der Waals surface area contributed by atoms with E-state index in [0.29, 0.717) is 12.8 Å². The highest BCUT2D eigenvalue weighted by molar-refractivity contribution is 6.94. The average Bonchev–Trinajstić information content (AvgIpc) is 3.00. The largest absolute Gasteiger partial charge is 0.534 e. The van der Waals surface area contributed by atoms with Gasteiger partial charge in [-0.2, -0.15) is 0 Å². The van der Waals surface area contributed by atoms with Gasteiger partial charge in [-0.3, -0.25) is 9.59 Å². The molecule has 0 aromatic heterocycles. The van der Waals surface area contributed by atoms with Gasteiger partial charge in [0.2, 0.25) is 0 Å². The second-order valence-electron chi connectivity index (χ2n) is 11.5. The van der Waals surface area contributed by atoms with E-state index in [4.69, 9.17) is 8.85 Å². The Balaban J connectivity index is 1.97. The van der Waals surface area contributed by atoms with Crippen LogP contribution in [0.4, 0.5) is 0 Å². The molecule has 0 N–H and O–H groups in total. The highest BCUT2D eigenvalue weighted by Gasteiger charge is 2.49. The topological polar surface area (TPSA) is 52.6 Å². The summed E-state index contributed by atoms with van der Waals surface area (Å²) in [6, 6.07) is 19.3. The molecule has 0 fully saturated rings. The standard InChI is InChI=1S/C36H56O4Si/c1-3-5-7-9-11-13-15-17-25-31-35(37)39-41(33-27-21-19-22-28-33,34-29-23-20-24-30-34)40-36(38)32-26-18-16-14-12-10-8-6-4-2/h19-24,27-30H,3-18,25-26,31-32H2,1-2H3. The summed E-state index contributed by atoms with van der Waals surface area (Å²) in [5, 5.41) is 1.57. The molecule has 2 aromatic rings. The Morgan fingerprint density at radius 1 is 0.463 bits per heavy atom. The molecule has 41 heavy (non-hydrogen) atoms. The van der Waals surface area contributed by atoms with Crippen LogP contribution in [-0.4, -0.2) is 20.5 Å². The third-order valence-electron chi connectivity index (χ3n) is 7.79. The summed E-state index contributed by atoms with van der Waals surface area (Å²) in [5.74, 6) is -0.550. The maximum atomic E-state index is 13.2. The summed E-state index contributed by atoms with van der Waals surface area (Å²) in [7, 11) is -3.56. The van der Waals surface area contributed by atoms with E-state index in [-0.39, 0.29) is 11.9 Å². The molecule has 0 aliphatic heterocycles. The smallest absolute Gasteiger partial charge is 0.478 e. The molecule has 2 aromatic carbocycles. The number of rotatable bonds is 24. The van der Waals surface area contributed by atoms with Crippen LogP contribution < -0.4 is 10.4 Å². The molecule has 0 aliphatic rings. The molecule has 5 heteroatoms. The van der Waals surface area contributed by atoms with Crippen LogP contribution in [0.1, 0.15) is 142 Å². The predicted molar refractivity (Wildman–Crippen MR) is 174 cm³/mol. The van der Waals surface area contributed by atoms with Gasteiger partial charge in [0.15, 0.2) is 0 Å². The quantitative estimate of drug-likeness (QED) is 0.0917. The first kappa shape index (κ1) is 34.8. The summed E-state index contributed by atoms with van der Waals surface area (Å²) >= 11 is 0. The van der Waals surface area contributed by atoms with Crippen molar-refractivity contribution in [3.8, 4) is 0 Å². The molecule has 0 aliphatic carbocycles. The highest BCUT2D eigenvalue weighted by atomic mass is 28.4. The van der Waals surface area contributed by atoms with Crippen molar-refractivity contribution in [1.29, 1.82) is 0 Å². The molecule has 0 radical (unpaired) electrons. The maximum absolute atomic E-state index is 13.2. The zero-order chi connectivity index (χ0) is 29.4. The molecule has 0 saturated carbocycles. The number of benzene rings is 2. The number of carbonyl (C=O) groups is 2. The van der Waals surface area contributed by atoms with Crippen molar-refractivity contribution in [3.63, 3.8) is 0 Å². The summed E-state index contributed by atoms with van der Waals surface area (Å²) < 4.78 is 12.6. The van der Waals surface area contributed by atoms with Crippen LogP contribution in [0.3, 0.4) is 0 Å². The zero-order valence-electron chi connectivity index (χ0n) is 26.0. The fourth-order valence-corrected chi connectivity index (χ4v) is 8.28. The second kappa shape index (κ2) is 22.2. The van der Waals surface area contributed by atoms with Crippen molar-refractivity contribution in [2.45, 2.75) is 142 Å². The Kier molecular flexibility index (Phi) is 18.9.